The van der Waals surface area contributed by atoms with Gasteiger partial charge in [0.2, 0.25) is 5.91 Å². The summed E-state index contributed by atoms with van der Waals surface area (Å²) in [6.45, 7) is 6.23. The molecule has 0 bridgehead atoms. The van der Waals surface area contributed by atoms with Crippen molar-refractivity contribution in [1.82, 2.24) is 19.6 Å². The highest BCUT2D eigenvalue weighted by Crippen LogP contribution is 2.27. The Morgan fingerprint density at radius 3 is 2.45 bits per heavy atom. The number of benzene rings is 1. The molecule has 164 valence electrons. The van der Waals surface area contributed by atoms with Crippen LogP contribution in [0, 0.1) is 30.9 Å². The minimum absolute atomic E-state index is 0.166. The van der Waals surface area contributed by atoms with Crippen LogP contribution in [0.25, 0.3) is 0 Å². The van der Waals surface area contributed by atoms with Gasteiger partial charge in [-0.2, -0.15) is 9.78 Å². The van der Waals surface area contributed by atoms with Gasteiger partial charge in [-0.05, 0) is 44.2 Å². The first-order valence-electron chi connectivity index (χ1n) is 9.63. The van der Waals surface area contributed by atoms with Crippen LogP contribution in [0.4, 0.5) is 11.5 Å². The van der Waals surface area contributed by atoms with Crippen LogP contribution in [0.1, 0.15) is 35.5 Å². The molecule has 31 heavy (non-hydrogen) atoms. The number of hydrogen-bond donors (Lipinski definition) is 1. The average molecular weight is 465 g/mol. The minimum atomic E-state index is -0.533. The average Bonchev–Trinajstić information content (AvgIpc) is 3.20. The highest BCUT2D eigenvalue weighted by atomic mass is 35.5. The van der Waals surface area contributed by atoms with Crippen LogP contribution >= 0.6 is 23.2 Å². The Balaban J connectivity index is 1.62. The van der Waals surface area contributed by atoms with Gasteiger partial charge in [-0.15, -0.1) is 0 Å². The number of carbonyl (C=O) groups excluding carboxylic acids is 1. The number of halogens is 2. The van der Waals surface area contributed by atoms with E-state index in [1.165, 1.54) is 10.7 Å². The number of amides is 1. The van der Waals surface area contributed by atoms with Gasteiger partial charge in [-0.25, -0.2) is 0 Å². The van der Waals surface area contributed by atoms with Crippen LogP contribution in [0.5, 0.6) is 0 Å². The van der Waals surface area contributed by atoms with E-state index in [0.29, 0.717) is 46.6 Å². The molecule has 11 heteroatoms. The number of nitrogens with one attached hydrogen (secondary N) is 1. The van der Waals surface area contributed by atoms with Gasteiger partial charge in [0.25, 0.3) is 0 Å². The predicted octanol–water partition coefficient (Wildman–Crippen LogP) is 4.69. The van der Waals surface area contributed by atoms with Gasteiger partial charge in [-0.1, -0.05) is 29.3 Å². The van der Waals surface area contributed by atoms with Crippen LogP contribution < -0.4 is 5.32 Å². The van der Waals surface area contributed by atoms with Crippen molar-refractivity contribution >= 4 is 40.6 Å². The van der Waals surface area contributed by atoms with E-state index in [-0.39, 0.29) is 18.1 Å². The van der Waals surface area contributed by atoms with Gasteiger partial charge in [0.1, 0.15) is 0 Å². The molecular weight excluding hydrogens is 443 g/mol. The number of aryl methyl sites for hydroxylation is 3. The lowest BCUT2D eigenvalue weighted by Gasteiger charge is -2.10. The zero-order valence-corrected chi connectivity index (χ0v) is 18.9. The lowest BCUT2D eigenvalue weighted by atomic mass is 10.2. The summed E-state index contributed by atoms with van der Waals surface area (Å²) in [5, 5.41) is 23.3. The van der Waals surface area contributed by atoms with E-state index in [2.05, 4.69) is 15.5 Å². The van der Waals surface area contributed by atoms with E-state index in [1.54, 1.807) is 29.8 Å². The van der Waals surface area contributed by atoms with E-state index in [9.17, 15) is 14.9 Å². The molecule has 0 aliphatic rings. The van der Waals surface area contributed by atoms with E-state index in [0.717, 1.165) is 11.3 Å². The van der Waals surface area contributed by atoms with E-state index < -0.39 is 4.92 Å². The number of anilines is 1. The number of aromatic nitrogens is 4. The van der Waals surface area contributed by atoms with E-state index >= 15 is 0 Å². The molecule has 1 amide bonds. The summed E-state index contributed by atoms with van der Waals surface area (Å²) in [5.74, 6) is -0.361. The van der Waals surface area contributed by atoms with Gasteiger partial charge < -0.3 is 15.4 Å². The quantitative estimate of drug-likeness (QED) is 0.384. The highest BCUT2D eigenvalue weighted by molar-refractivity contribution is 6.35. The van der Waals surface area contributed by atoms with Crippen molar-refractivity contribution in [1.29, 1.82) is 0 Å². The van der Waals surface area contributed by atoms with Crippen molar-refractivity contribution in [2.75, 3.05) is 5.32 Å². The molecule has 0 unspecified atom stereocenters. The second kappa shape index (κ2) is 9.49. The van der Waals surface area contributed by atoms with Crippen LogP contribution in [-0.4, -0.2) is 30.4 Å². The molecule has 0 atom stereocenters. The molecule has 1 N–H and O–H groups in total. The number of nitro groups is 1. The number of nitrogens with zero attached hydrogens (tertiary/aromatic N) is 5. The van der Waals surface area contributed by atoms with Gasteiger partial charge in [0, 0.05) is 22.0 Å². The summed E-state index contributed by atoms with van der Waals surface area (Å²) in [6.07, 6.45) is 0.737. The lowest BCUT2D eigenvalue weighted by molar-refractivity contribution is -0.389. The largest absolute Gasteiger partial charge is 0.390 e. The summed E-state index contributed by atoms with van der Waals surface area (Å²) in [4.78, 5) is 22.7. The fourth-order valence-corrected chi connectivity index (χ4v) is 3.78. The van der Waals surface area contributed by atoms with Crippen molar-refractivity contribution in [2.45, 2.75) is 46.7 Å². The normalized spacial score (nSPS) is 11.0. The molecule has 9 nitrogen and oxygen atoms in total. The van der Waals surface area contributed by atoms with Crippen LogP contribution in [0.2, 0.25) is 10.0 Å². The zero-order valence-electron chi connectivity index (χ0n) is 17.4. The molecule has 3 aromatic rings. The molecule has 0 radical (unpaired) electrons. The Kier molecular flexibility index (Phi) is 6.97. The maximum atomic E-state index is 12.5. The van der Waals surface area contributed by atoms with Gasteiger partial charge in [0.05, 0.1) is 47.0 Å². The summed E-state index contributed by atoms with van der Waals surface area (Å²) in [6, 6.07) is 6.73. The molecule has 0 saturated carbocycles. The Hall–Kier alpha value is -2.91. The van der Waals surface area contributed by atoms with Crippen molar-refractivity contribution in [2.24, 2.45) is 0 Å². The number of rotatable bonds is 8. The second-order valence-corrected chi connectivity index (χ2v) is 7.99. The first kappa shape index (κ1) is 22.8. The first-order valence-corrected chi connectivity index (χ1v) is 10.4. The first-order chi connectivity index (χ1) is 14.7. The third-order valence-corrected chi connectivity index (χ3v) is 5.65. The molecule has 0 fully saturated rings. The van der Waals surface area contributed by atoms with Crippen LogP contribution in [-0.2, 0) is 17.9 Å². The molecule has 0 spiro atoms. The minimum Gasteiger partial charge on any atom is -0.358 e. The number of hydrogen-bond acceptors (Lipinski definition) is 5. The molecule has 2 heterocycles. The fourth-order valence-electron chi connectivity index (χ4n) is 3.26. The third kappa shape index (κ3) is 5.23. The maximum Gasteiger partial charge on any atom is 0.390 e. The van der Waals surface area contributed by atoms with E-state index in [1.807, 2.05) is 13.8 Å². The molecule has 0 saturated heterocycles. The highest BCUT2D eigenvalue weighted by Gasteiger charge is 2.18. The summed E-state index contributed by atoms with van der Waals surface area (Å²) in [7, 11) is 0. The van der Waals surface area contributed by atoms with Crippen molar-refractivity contribution in [3.63, 3.8) is 0 Å². The van der Waals surface area contributed by atoms with Gasteiger partial charge in [-0.3, -0.25) is 9.48 Å². The molecule has 2 aromatic heterocycles. The summed E-state index contributed by atoms with van der Waals surface area (Å²) < 4.78 is 3.29. The van der Waals surface area contributed by atoms with Crippen LogP contribution in [0.15, 0.2) is 24.3 Å². The smallest absolute Gasteiger partial charge is 0.358 e. The maximum absolute atomic E-state index is 12.5. The van der Waals surface area contributed by atoms with Crippen LogP contribution in [0.3, 0.4) is 0 Å². The fraction of sp³-hybridized carbons (Fsp3) is 0.350. The summed E-state index contributed by atoms with van der Waals surface area (Å²) >= 11 is 12.5. The van der Waals surface area contributed by atoms with Crippen molar-refractivity contribution in [3.8, 4) is 0 Å². The molecule has 3 rings (SSSR count). The van der Waals surface area contributed by atoms with E-state index in [4.69, 9.17) is 23.2 Å². The third-order valence-electron chi connectivity index (χ3n) is 4.94. The Morgan fingerprint density at radius 1 is 1.16 bits per heavy atom. The van der Waals surface area contributed by atoms with Crippen molar-refractivity contribution in [3.05, 3.63) is 67.1 Å². The Labute approximate surface area is 189 Å². The molecule has 1 aromatic carbocycles. The van der Waals surface area contributed by atoms with Gasteiger partial charge >= 0.3 is 5.82 Å². The monoisotopic (exact) mass is 464 g/mol. The Morgan fingerprint density at radius 2 is 1.84 bits per heavy atom. The predicted molar refractivity (Wildman–Crippen MR) is 119 cm³/mol. The topological polar surface area (TPSA) is 108 Å². The zero-order chi connectivity index (χ0) is 22.7. The second-order valence-electron chi connectivity index (χ2n) is 7.18. The molecular formula is C20H22Cl2N6O3. The Bertz CT molecular complexity index is 1120. The van der Waals surface area contributed by atoms with Crippen molar-refractivity contribution < 1.29 is 9.72 Å². The molecule has 0 aliphatic carbocycles. The SMILES string of the molecule is Cc1nn(Cc2c(Cl)cccc2Cl)c(C)c1NC(=O)CCCn1nc([N+](=O)[O-])cc1C. The molecule has 0 aliphatic heterocycles. The lowest BCUT2D eigenvalue weighted by Crippen LogP contribution is -2.14. The van der Waals surface area contributed by atoms with Gasteiger partial charge in [0.15, 0.2) is 0 Å². The number of carbonyl (C=O) groups is 1. The standard InChI is InChI=1S/C20H22Cl2N6O3/c1-12-10-18(28(30)31)25-26(12)9-5-8-19(29)23-20-13(2)24-27(14(20)3)11-15-16(21)6-4-7-17(15)22/h4,6-7,10H,5,8-9,11H2,1-3H3,(H,23,29). The summed E-state index contributed by atoms with van der Waals surface area (Å²) in [5.41, 5.74) is 3.57.